The molecule has 1 N–H and O–H groups in total. The Morgan fingerprint density at radius 2 is 2.00 bits per heavy atom. The number of aromatic amines is 1. The molecule has 2 heterocycles. The van der Waals surface area contributed by atoms with Crippen molar-refractivity contribution >= 4 is 26.8 Å². The van der Waals surface area contributed by atoms with E-state index in [1.54, 1.807) is 5.56 Å². The number of fused-ring (bicyclic) bond motifs is 4. The first kappa shape index (κ1) is 11.1. The number of aromatic nitrogens is 1. The maximum Gasteiger partial charge on any atom is 0.0475 e. The molecule has 1 fully saturated rings. The Hall–Kier alpha value is -0.800. The second kappa shape index (κ2) is 3.84. The third kappa shape index (κ3) is 1.44. The summed E-state index contributed by atoms with van der Waals surface area (Å²) in [5.41, 5.74) is 4.71. The molecule has 0 saturated carbocycles. The van der Waals surface area contributed by atoms with Gasteiger partial charge in [0.05, 0.1) is 0 Å². The highest BCUT2D eigenvalue weighted by Gasteiger charge is 2.42. The molecule has 2 nitrogen and oxygen atoms in total. The molecule has 1 saturated heterocycles. The van der Waals surface area contributed by atoms with Crippen LogP contribution in [0.25, 0.3) is 10.9 Å². The summed E-state index contributed by atoms with van der Waals surface area (Å²) in [6, 6.07) is 6.55. The van der Waals surface area contributed by atoms with Crippen LogP contribution in [-0.2, 0) is 16.6 Å². The average Bonchev–Trinajstić information content (AvgIpc) is 2.90. The van der Waals surface area contributed by atoms with Gasteiger partial charge in [-0.3, -0.25) is 0 Å². The van der Waals surface area contributed by atoms with Crippen molar-refractivity contribution in [3.63, 3.8) is 0 Å². The monoisotopic (exact) mass is 305 g/mol. The fraction of sp³-hybridized carbons (Fsp3) is 0.467. The van der Waals surface area contributed by atoms with E-state index in [0.29, 0.717) is 5.41 Å². The molecule has 1 aliphatic heterocycles. The molecular weight excluding hydrogens is 290 g/mol. The van der Waals surface area contributed by atoms with Gasteiger partial charge in [0.15, 0.2) is 0 Å². The van der Waals surface area contributed by atoms with Gasteiger partial charge in [-0.2, -0.15) is 0 Å². The van der Waals surface area contributed by atoms with Crippen LogP contribution < -0.4 is 0 Å². The van der Waals surface area contributed by atoms with Crippen LogP contribution in [0.4, 0.5) is 0 Å². The Bertz CT molecular complexity index is 610. The van der Waals surface area contributed by atoms with Gasteiger partial charge in [0.25, 0.3) is 0 Å². The molecule has 1 aromatic carbocycles. The van der Waals surface area contributed by atoms with Gasteiger partial charge in [0.1, 0.15) is 0 Å². The first-order valence-corrected chi connectivity index (χ1v) is 7.46. The number of rotatable bonds is 0. The minimum Gasteiger partial charge on any atom is -0.381 e. The first-order valence-electron chi connectivity index (χ1n) is 6.67. The van der Waals surface area contributed by atoms with E-state index < -0.39 is 0 Å². The molecule has 18 heavy (non-hydrogen) atoms. The largest absolute Gasteiger partial charge is 0.381 e. The summed E-state index contributed by atoms with van der Waals surface area (Å²) >= 11 is 3.58. The van der Waals surface area contributed by atoms with Gasteiger partial charge in [0, 0.05) is 39.7 Å². The topological polar surface area (TPSA) is 25.0 Å². The quantitative estimate of drug-likeness (QED) is 0.784. The summed E-state index contributed by atoms with van der Waals surface area (Å²) in [5.74, 6) is 0. The molecule has 94 valence electrons. The lowest BCUT2D eigenvalue weighted by Crippen LogP contribution is -2.31. The van der Waals surface area contributed by atoms with Gasteiger partial charge < -0.3 is 9.72 Å². The molecule has 0 amide bonds. The highest BCUT2D eigenvalue weighted by molar-refractivity contribution is 9.10. The van der Waals surface area contributed by atoms with Gasteiger partial charge in [-0.1, -0.05) is 15.9 Å². The molecule has 0 radical (unpaired) electrons. The van der Waals surface area contributed by atoms with Crippen molar-refractivity contribution in [1.29, 1.82) is 0 Å². The lowest BCUT2D eigenvalue weighted by molar-refractivity contribution is 0.0494. The van der Waals surface area contributed by atoms with E-state index in [1.807, 2.05) is 0 Å². The molecule has 4 rings (SSSR count). The van der Waals surface area contributed by atoms with Gasteiger partial charge in [-0.25, -0.2) is 0 Å². The zero-order valence-electron chi connectivity index (χ0n) is 10.3. The average molecular weight is 306 g/mol. The van der Waals surface area contributed by atoms with Crippen molar-refractivity contribution < 1.29 is 4.74 Å². The maximum atomic E-state index is 5.54. The van der Waals surface area contributed by atoms with Crippen LogP contribution in [0.15, 0.2) is 22.7 Å². The zero-order valence-corrected chi connectivity index (χ0v) is 11.8. The Labute approximate surface area is 115 Å². The first-order chi connectivity index (χ1) is 8.78. The van der Waals surface area contributed by atoms with E-state index >= 15 is 0 Å². The molecule has 1 aliphatic carbocycles. The Kier molecular flexibility index (Phi) is 2.36. The minimum absolute atomic E-state index is 0.374. The van der Waals surface area contributed by atoms with E-state index in [0.717, 1.165) is 13.2 Å². The predicted octanol–water partition coefficient (Wildman–Crippen LogP) is 3.92. The molecule has 2 aromatic rings. The summed E-state index contributed by atoms with van der Waals surface area (Å²) in [4.78, 5) is 3.69. The highest BCUT2D eigenvalue weighted by atomic mass is 79.9. The van der Waals surface area contributed by atoms with Gasteiger partial charge in [-0.05, 0) is 49.4 Å². The summed E-state index contributed by atoms with van der Waals surface area (Å²) in [5, 5.41) is 1.41. The van der Waals surface area contributed by atoms with Crippen molar-refractivity contribution in [1.82, 2.24) is 4.98 Å². The van der Waals surface area contributed by atoms with Crippen LogP contribution in [0.2, 0.25) is 0 Å². The minimum atomic E-state index is 0.374. The highest BCUT2D eigenvalue weighted by Crippen LogP contribution is 2.47. The van der Waals surface area contributed by atoms with E-state index in [-0.39, 0.29) is 0 Å². The van der Waals surface area contributed by atoms with E-state index in [2.05, 4.69) is 39.1 Å². The maximum absolute atomic E-state index is 5.54. The lowest BCUT2D eigenvalue weighted by Gasteiger charge is -2.33. The van der Waals surface area contributed by atoms with Crippen molar-refractivity contribution in [3.05, 3.63) is 33.9 Å². The number of hydrogen-bond donors (Lipinski definition) is 1. The number of halogens is 1. The summed E-state index contributed by atoms with van der Waals surface area (Å²) < 4.78 is 6.71. The smallest absolute Gasteiger partial charge is 0.0475 e. The molecular formula is C15H16BrNO. The second-order valence-electron chi connectivity index (χ2n) is 5.56. The SMILES string of the molecule is Brc1ccc2[nH]c3c(c2c1)CCC31CCOCC1. The number of benzene rings is 1. The van der Waals surface area contributed by atoms with Gasteiger partial charge in [-0.15, -0.1) is 0 Å². The predicted molar refractivity (Wildman–Crippen MR) is 76.1 cm³/mol. The van der Waals surface area contributed by atoms with Gasteiger partial charge >= 0.3 is 0 Å². The molecule has 0 atom stereocenters. The van der Waals surface area contributed by atoms with Crippen LogP contribution in [-0.4, -0.2) is 18.2 Å². The molecule has 0 unspecified atom stereocenters. The number of ether oxygens (including phenoxy) is 1. The van der Waals surface area contributed by atoms with E-state index in [1.165, 1.54) is 46.8 Å². The Morgan fingerprint density at radius 3 is 2.83 bits per heavy atom. The summed E-state index contributed by atoms with van der Waals surface area (Å²) in [7, 11) is 0. The standard InChI is InChI=1S/C15H16BrNO/c16-10-1-2-13-12(9-10)11-3-4-15(14(11)17-13)5-7-18-8-6-15/h1-2,9,17H,3-8H2. The van der Waals surface area contributed by atoms with Crippen molar-refractivity contribution in [2.45, 2.75) is 31.1 Å². The fourth-order valence-corrected chi connectivity index (χ4v) is 4.04. The zero-order chi connectivity index (χ0) is 12.2. The molecule has 0 bridgehead atoms. The van der Waals surface area contributed by atoms with E-state index in [4.69, 9.17) is 4.74 Å². The lowest BCUT2D eigenvalue weighted by atomic mass is 9.78. The third-order valence-corrected chi connectivity index (χ3v) is 5.20. The van der Waals surface area contributed by atoms with Crippen LogP contribution >= 0.6 is 15.9 Å². The summed E-state index contributed by atoms with van der Waals surface area (Å²) in [6.07, 6.45) is 4.85. The number of aryl methyl sites for hydroxylation is 1. The van der Waals surface area contributed by atoms with Crippen LogP contribution in [0.3, 0.4) is 0 Å². The molecule has 1 spiro atoms. The second-order valence-corrected chi connectivity index (χ2v) is 6.48. The van der Waals surface area contributed by atoms with Crippen molar-refractivity contribution in [3.8, 4) is 0 Å². The fourth-order valence-electron chi connectivity index (χ4n) is 3.68. The number of H-pyrrole nitrogens is 1. The van der Waals surface area contributed by atoms with Crippen molar-refractivity contribution in [2.24, 2.45) is 0 Å². The Morgan fingerprint density at radius 1 is 1.17 bits per heavy atom. The normalized spacial score (nSPS) is 21.6. The molecule has 1 aromatic heterocycles. The van der Waals surface area contributed by atoms with Gasteiger partial charge in [0.2, 0.25) is 0 Å². The van der Waals surface area contributed by atoms with Crippen LogP contribution in [0.5, 0.6) is 0 Å². The molecule has 2 aliphatic rings. The van der Waals surface area contributed by atoms with Crippen molar-refractivity contribution in [2.75, 3.05) is 13.2 Å². The molecule has 3 heteroatoms. The third-order valence-electron chi connectivity index (χ3n) is 4.70. The summed E-state index contributed by atoms with van der Waals surface area (Å²) in [6.45, 7) is 1.83. The Balaban J connectivity index is 1.91. The van der Waals surface area contributed by atoms with Crippen LogP contribution in [0.1, 0.15) is 30.5 Å². The van der Waals surface area contributed by atoms with E-state index in [9.17, 15) is 0 Å². The van der Waals surface area contributed by atoms with Crippen LogP contribution in [0, 0.1) is 0 Å². The number of nitrogens with one attached hydrogen (secondary N) is 1. The number of hydrogen-bond acceptors (Lipinski definition) is 1.